The Hall–Kier alpha value is -3.05. The van der Waals surface area contributed by atoms with Crippen molar-refractivity contribution in [3.63, 3.8) is 0 Å². The maximum atomic E-state index is 14.3. The third kappa shape index (κ3) is 3.29. The van der Waals surface area contributed by atoms with Gasteiger partial charge in [-0.05, 0) is 6.07 Å². The highest BCUT2D eigenvalue weighted by molar-refractivity contribution is 7.23. The van der Waals surface area contributed by atoms with Gasteiger partial charge >= 0.3 is 29.9 Å². The van der Waals surface area contributed by atoms with Crippen molar-refractivity contribution in [1.82, 2.24) is 9.38 Å². The van der Waals surface area contributed by atoms with Crippen molar-refractivity contribution in [2.75, 3.05) is 0 Å². The lowest BCUT2D eigenvalue weighted by molar-refractivity contribution is -0.425. The van der Waals surface area contributed by atoms with Gasteiger partial charge in [0.05, 0.1) is 15.1 Å². The van der Waals surface area contributed by atoms with Crippen molar-refractivity contribution in [2.45, 2.75) is 29.9 Å². The molecule has 3 aromatic rings. The average molecular weight is 515 g/mol. The summed E-state index contributed by atoms with van der Waals surface area (Å²) in [4.78, 5) is 24.0. The van der Waals surface area contributed by atoms with Crippen LogP contribution < -0.4 is 5.56 Å². The molecule has 0 aliphatic carbocycles. The molecule has 0 saturated heterocycles. The molecule has 3 rings (SSSR count). The van der Waals surface area contributed by atoms with Crippen LogP contribution in [0.4, 0.5) is 54.0 Å². The zero-order valence-electron chi connectivity index (χ0n) is 14.9. The minimum atomic E-state index is -7.66. The van der Waals surface area contributed by atoms with Gasteiger partial charge in [-0.15, -0.1) is 0 Å². The summed E-state index contributed by atoms with van der Waals surface area (Å²) in [6.45, 7) is 0. The Bertz CT molecular complexity index is 1330. The first-order chi connectivity index (χ1) is 14.8. The van der Waals surface area contributed by atoms with E-state index in [9.17, 15) is 63.2 Å². The first kappa shape index (κ1) is 24.6. The topological polar surface area (TPSA) is 77.5 Å². The Morgan fingerprint density at radius 3 is 1.97 bits per heavy atom. The molecule has 0 fully saturated rings. The molecule has 33 heavy (non-hydrogen) atoms. The van der Waals surface area contributed by atoms with Crippen LogP contribution in [0.1, 0.15) is 5.69 Å². The van der Waals surface area contributed by atoms with Crippen LogP contribution >= 0.6 is 11.3 Å². The number of benzene rings is 1. The highest BCUT2D eigenvalue weighted by Crippen LogP contribution is 2.59. The molecule has 0 spiro atoms. The molecule has 0 amide bonds. The number of nitro benzene ring substituents is 1. The third-order valence-corrected chi connectivity index (χ3v) is 5.35. The molecule has 2 heterocycles. The van der Waals surface area contributed by atoms with E-state index >= 15 is 0 Å². The smallest absolute Gasteiger partial charge is 0.269 e. The number of halogens is 11. The van der Waals surface area contributed by atoms with Gasteiger partial charge in [0.15, 0.2) is 4.96 Å². The summed E-state index contributed by atoms with van der Waals surface area (Å²) < 4.78 is 146. The van der Waals surface area contributed by atoms with E-state index in [1.165, 1.54) is 0 Å². The van der Waals surface area contributed by atoms with Crippen LogP contribution in [0, 0.1) is 10.1 Å². The fraction of sp³-hybridized carbons (Fsp3) is 0.333. The second-order valence-electron chi connectivity index (χ2n) is 6.40. The van der Waals surface area contributed by atoms with Crippen molar-refractivity contribution >= 4 is 32.2 Å². The van der Waals surface area contributed by atoms with E-state index in [1.54, 1.807) is 0 Å². The second-order valence-corrected chi connectivity index (χ2v) is 7.41. The Morgan fingerprint density at radius 1 is 0.879 bits per heavy atom. The van der Waals surface area contributed by atoms with E-state index in [1.807, 2.05) is 0 Å². The van der Waals surface area contributed by atoms with Gasteiger partial charge in [0.1, 0.15) is 5.69 Å². The van der Waals surface area contributed by atoms with Crippen LogP contribution in [0.15, 0.2) is 29.1 Å². The highest BCUT2D eigenvalue weighted by atomic mass is 32.1. The van der Waals surface area contributed by atoms with Crippen LogP contribution in [0.25, 0.3) is 15.2 Å². The molecule has 0 aliphatic heterocycles. The summed E-state index contributed by atoms with van der Waals surface area (Å²) in [6.07, 6.45) is -7.33. The van der Waals surface area contributed by atoms with Crippen LogP contribution in [0.5, 0.6) is 0 Å². The predicted molar refractivity (Wildman–Crippen MR) is 88.3 cm³/mol. The standard InChI is InChI=1S/C15H4F11N3O3S/c16-11(17,12(18,19)13(20,21)14(22,23)15(24,25)26)8-4-9(30)28-6-2-1-5(29(31)32)3-7(6)33-10(28)27-8/h1-4H. The van der Waals surface area contributed by atoms with Gasteiger partial charge in [-0.1, -0.05) is 11.3 Å². The number of nitro groups is 1. The molecule has 18 heteroatoms. The summed E-state index contributed by atoms with van der Waals surface area (Å²) in [5.74, 6) is -29.1. The number of aromatic nitrogens is 2. The number of thiazole rings is 1. The maximum Gasteiger partial charge on any atom is 0.460 e. The molecular formula is C15H4F11N3O3S. The molecule has 0 saturated carbocycles. The number of hydrogen-bond donors (Lipinski definition) is 0. The number of alkyl halides is 11. The van der Waals surface area contributed by atoms with Gasteiger partial charge in [-0.2, -0.15) is 48.3 Å². The lowest BCUT2D eigenvalue weighted by Gasteiger charge is -2.36. The molecule has 6 nitrogen and oxygen atoms in total. The van der Waals surface area contributed by atoms with Crippen LogP contribution in [-0.4, -0.2) is 38.3 Å². The van der Waals surface area contributed by atoms with Crippen LogP contribution in [0.3, 0.4) is 0 Å². The molecule has 1 aromatic carbocycles. The van der Waals surface area contributed by atoms with Crippen LogP contribution in [0.2, 0.25) is 0 Å². The summed E-state index contributed by atoms with van der Waals surface area (Å²) in [5.41, 5.74) is -4.89. The molecule has 0 unspecified atom stereocenters. The molecule has 0 radical (unpaired) electrons. The van der Waals surface area contributed by atoms with Crippen molar-refractivity contribution in [3.8, 4) is 0 Å². The summed E-state index contributed by atoms with van der Waals surface area (Å²) >= 11 is 0.219. The summed E-state index contributed by atoms with van der Waals surface area (Å²) in [5, 5.41) is 10.8. The molecule has 0 aliphatic rings. The molecule has 180 valence electrons. The monoisotopic (exact) mass is 515 g/mol. The molecule has 2 aromatic heterocycles. The lowest BCUT2D eigenvalue weighted by atomic mass is 9.96. The van der Waals surface area contributed by atoms with Crippen molar-refractivity contribution in [1.29, 1.82) is 0 Å². The largest absolute Gasteiger partial charge is 0.460 e. The van der Waals surface area contributed by atoms with Crippen molar-refractivity contribution < 1.29 is 53.2 Å². The van der Waals surface area contributed by atoms with E-state index in [0.29, 0.717) is 4.40 Å². The predicted octanol–water partition coefficient (Wildman–Crippen LogP) is 5.38. The number of rotatable bonds is 5. The number of non-ortho nitro benzene ring substituents is 1. The maximum absolute atomic E-state index is 14.3. The van der Waals surface area contributed by atoms with E-state index in [4.69, 9.17) is 0 Å². The van der Waals surface area contributed by atoms with Crippen molar-refractivity contribution in [3.05, 3.63) is 50.4 Å². The van der Waals surface area contributed by atoms with E-state index < -0.39 is 62.8 Å². The quantitative estimate of drug-likeness (QED) is 0.260. The van der Waals surface area contributed by atoms with E-state index in [2.05, 4.69) is 4.98 Å². The summed E-state index contributed by atoms with van der Waals surface area (Å²) in [7, 11) is 0. The van der Waals surface area contributed by atoms with Gasteiger partial charge in [0.2, 0.25) is 0 Å². The van der Waals surface area contributed by atoms with Gasteiger partial charge in [-0.25, -0.2) is 4.98 Å². The average Bonchev–Trinajstić information content (AvgIpc) is 3.04. The molecule has 0 bridgehead atoms. The highest BCUT2D eigenvalue weighted by Gasteiger charge is 2.87. The zero-order valence-corrected chi connectivity index (χ0v) is 15.8. The number of fused-ring (bicyclic) bond motifs is 3. The van der Waals surface area contributed by atoms with E-state index in [-0.39, 0.29) is 21.6 Å². The van der Waals surface area contributed by atoms with Gasteiger partial charge in [0, 0.05) is 18.2 Å². The second kappa shape index (κ2) is 6.97. The SMILES string of the molecule is O=c1cc(C(F)(F)C(F)(F)C(F)(F)C(F)(F)C(F)(F)F)nc2sc3cc([N+](=O)[O-])ccc3n12. The van der Waals surface area contributed by atoms with Crippen molar-refractivity contribution in [2.24, 2.45) is 0 Å². The zero-order chi connectivity index (χ0) is 25.4. The normalized spacial score (nSPS) is 14.3. The molecule has 0 N–H and O–H groups in total. The Labute approximate surface area is 176 Å². The third-order valence-electron chi connectivity index (χ3n) is 4.35. The molecule has 0 atom stereocenters. The van der Waals surface area contributed by atoms with Crippen LogP contribution in [-0.2, 0) is 5.92 Å². The van der Waals surface area contributed by atoms with E-state index in [0.717, 1.165) is 18.2 Å². The molecular weight excluding hydrogens is 511 g/mol. The minimum absolute atomic E-state index is 0.171. The fourth-order valence-electron chi connectivity index (χ4n) is 2.63. The summed E-state index contributed by atoms with van der Waals surface area (Å²) in [6, 6.07) is 2.21. The lowest BCUT2D eigenvalue weighted by Crippen LogP contribution is -2.65. The van der Waals surface area contributed by atoms with Gasteiger partial charge < -0.3 is 0 Å². The number of hydrogen-bond acceptors (Lipinski definition) is 5. The van der Waals surface area contributed by atoms with Gasteiger partial charge in [0.25, 0.3) is 11.2 Å². The fourth-order valence-corrected chi connectivity index (χ4v) is 3.69. The van der Waals surface area contributed by atoms with Gasteiger partial charge in [-0.3, -0.25) is 19.3 Å². The Kier molecular flexibility index (Phi) is 5.20. The first-order valence-corrected chi connectivity index (χ1v) is 8.78. The Balaban J connectivity index is 2.23. The first-order valence-electron chi connectivity index (χ1n) is 7.96. The number of nitrogens with zero attached hydrogens (tertiary/aromatic N) is 3. The Morgan fingerprint density at radius 2 is 1.45 bits per heavy atom. The minimum Gasteiger partial charge on any atom is -0.269 e.